The van der Waals surface area contributed by atoms with Crippen LogP contribution in [0.15, 0.2) is 4.42 Å². The fourth-order valence-electron chi connectivity index (χ4n) is 2.89. The van der Waals surface area contributed by atoms with Crippen molar-refractivity contribution < 1.29 is 9.15 Å². The van der Waals surface area contributed by atoms with E-state index < -0.39 is 0 Å². The molecule has 1 aromatic heterocycles. The van der Waals surface area contributed by atoms with Crippen LogP contribution in [0, 0.1) is 0 Å². The molecule has 2 aliphatic rings. The SMILES string of the molecule is CC(C)(C)c1nc(=[N+]2CCOCC2)c2c(o1)CCCC2. The topological polar surface area (TPSA) is 38.3 Å². The first kappa shape index (κ1) is 13.8. The van der Waals surface area contributed by atoms with E-state index in [1.54, 1.807) is 0 Å². The van der Waals surface area contributed by atoms with E-state index in [1.807, 2.05) is 0 Å². The molecule has 3 rings (SSSR count). The third-order valence-electron chi connectivity index (χ3n) is 4.07. The van der Waals surface area contributed by atoms with Gasteiger partial charge in [0.1, 0.15) is 18.8 Å². The molecule has 0 spiro atoms. The molecule has 1 aliphatic heterocycles. The molecule has 0 unspecified atom stereocenters. The van der Waals surface area contributed by atoms with Crippen molar-refractivity contribution in [3.8, 4) is 0 Å². The highest BCUT2D eigenvalue weighted by atomic mass is 16.5. The largest absolute Gasteiger partial charge is 0.427 e. The van der Waals surface area contributed by atoms with Crippen LogP contribution in [0.25, 0.3) is 0 Å². The Bertz CT molecular complexity index is 559. The Balaban J connectivity index is 2.20. The Morgan fingerprint density at radius 2 is 1.75 bits per heavy atom. The molecule has 2 heterocycles. The first-order valence-electron chi connectivity index (χ1n) is 7.75. The Kier molecular flexibility index (Phi) is 3.67. The molecule has 0 amide bonds. The zero-order valence-corrected chi connectivity index (χ0v) is 12.9. The normalized spacial score (nSPS) is 19.9. The number of nitrogens with zero attached hydrogens (tertiary/aromatic N) is 2. The summed E-state index contributed by atoms with van der Waals surface area (Å²) >= 11 is 0. The zero-order chi connectivity index (χ0) is 14.2. The Hall–Kier alpha value is -1.16. The third kappa shape index (κ3) is 2.66. The van der Waals surface area contributed by atoms with Crippen LogP contribution in [0.4, 0.5) is 0 Å². The van der Waals surface area contributed by atoms with Crippen LogP contribution in [-0.2, 0) is 23.0 Å². The smallest absolute Gasteiger partial charge is 0.329 e. The summed E-state index contributed by atoms with van der Waals surface area (Å²) in [6.45, 7) is 9.96. The summed E-state index contributed by atoms with van der Waals surface area (Å²) in [5.41, 5.74) is 2.44. The van der Waals surface area contributed by atoms with Crippen molar-refractivity contribution in [2.45, 2.75) is 51.9 Å². The molecule has 1 aromatic rings. The maximum atomic E-state index is 6.13. The fraction of sp³-hybridized carbons (Fsp3) is 0.750. The van der Waals surface area contributed by atoms with E-state index in [1.165, 1.54) is 18.4 Å². The number of aryl methyl sites for hydroxylation is 1. The summed E-state index contributed by atoms with van der Waals surface area (Å²) in [6.07, 6.45) is 4.63. The predicted octanol–water partition coefficient (Wildman–Crippen LogP) is 1.65. The lowest BCUT2D eigenvalue weighted by molar-refractivity contribution is 0.0952. The van der Waals surface area contributed by atoms with E-state index in [-0.39, 0.29) is 5.41 Å². The molecule has 0 bridgehead atoms. The van der Waals surface area contributed by atoms with Gasteiger partial charge >= 0.3 is 11.4 Å². The lowest BCUT2D eigenvalue weighted by atomic mass is 9.94. The maximum absolute atomic E-state index is 6.13. The lowest BCUT2D eigenvalue weighted by Crippen LogP contribution is -2.44. The van der Waals surface area contributed by atoms with E-state index in [4.69, 9.17) is 14.1 Å². The third-order valence-corrected chi connectivity index (χ3v) is 4.07. The number of ether oxygens (including phenoxy) is 1. The molecule has 0 saturated carbocycles. The van der Waals surface area contributed by atoms with Crippen LogP contribution < -0.4 is 10.1 Å². The van der Waals surface area contributed by atoms with E-state index >= 15 is 0 Å². The highest BCUT2D eigenvalue weighted by Gasteiger charge is 2.30. The summed E-state index contributed by atoms with van der Waals surface area (Å²) in [4.78, 5) is 4.88. The van der Waals surface area contributed by atoms with Crippen molar-refractivity contribution in [3.05, 3.63) is 22.7 Å². The van der Waals surface area contributed by atoms with Gasteiger partial charge in [-0.2, -0.15) is 0 Å². The van der Waals surface area contributed by atoms with Crippen LogP contribution in [-0.4, -0.2) is 31.3 Å². The number of hydrogen-bond acceptors (Lipinski definition) is 3. The molecule has 4 nitrogen and oxygen atoms in total. The summed E-state index contributed by atoms with van der Waals surface area (Å²) < 4.78 is 14.0. The molecule has 0 aromatic carbocycles. The first-order chi connectivity index (χ1) is 9.55. The maximum Gasteiger partial charge on any atom is 0.329 e. The molecule has 0 atom stereocenters. The van der Waals surface area contributed by atoms with Gasteiger partial charge in [-0.15, -0.1) is 0 Å². The standard InChI is InChI=1S/C16H25N2O2/c1-16(2,3)15-17-14(18-8-10-19-11-9-18)12-6-4-5-7-13(12)20-15/h4-11H2,1-3H3/q+1. The van der Waals surface area contributed by atoms with Crippen LogP contribution in [0.1, 0.15) is 50.8 Å². The molecule has 1 saturated heterocycles. The number of fused-ring (bicyclic) bond motifs is 1. The van der Waals surface area contributed by atoms with Crippen LogP contribution in [0.2, 0.25) is 0 Å². The van der Waals surface area contributed by atoms with Gasteiger partial charge < -0.3 is 9.15 Å². The molecule has 110 valence electrons. The van der Waals surface area contributed by atoms with Gasteiger partial charge in [-0.25, -0.2) is 0 Å². The van der Waals surface area contributed by atoms with Gasteiger partial charge in [-0.05, 0) is 45.0 Å². The molecule has 20 heavy (non-hydrogen) atoms. The van der Waals surface area contributed by atoms with Gasteiger partial charge in [0.2, 0.25) is 0 Å². The van der Waals surface area contributed by atoms with Gasteiger partial charge in [-0.1, -0.05) is 0 Å². The Morgan fingerprint density at radius 3 is 2.45 bits per heavy atom. The van der Waals surface area contributed by atoms with Gasteiger partial charge in [-0.3, -0.25) is 4.58 Å². The van der Waals surface area contributed by atoms with E-state index in [0.717, 1.165) is 56.3 Å². The molecule has 0 radical (unpaired) electrons. The molecule has 1 fully saturated rings. The van der Waals surface area contributed by atoms with Crippen molar-refractivity contribution in [2.75, 3.05) is 26.3 Å². The average molecular weight is 277 g/mol. The molecule has 0 N–H and O–H groups in total. The predicted molar refractivity (Wildman–Crippen MR) is 77.7 cm³/mol. The van der Waals surface area contributed by atoms with Crippen molar-refractivity contribution in [1.82, 2.24) is 9.56 Å². The minimum atomic E-state index is -0.0481. The summed E-state index contributed by atoms with van der Waals surface area (Å²) in [5.74, 6) is 2.03. The van der Waals surface area contributed by atoms with Gasteiger partial charge in [0.15, 0.2) is 0 Å². The van der Waals surface area contributed by atoms with Crippen molar-refractivity contribution >= 4 is 0 Å². The second-order valence-electron chi connectivity index (χ2n) is 6.80. The van der Waals surface area contributed by atoms with Crippen LogP contribution in [0.5, 0.6) is 0 Å². The molecular weight excluding hydrogens is 252 g/mol. The number of hydrogen-bond donors (Lipinski definition) is 0. The second kappa shape index (κ2) is 5.32. The van der Waals surface area contributed by atoms with E-state index in [0.29, 0.717) is 0 Å². The van der Waals surface area contributed by atoms with Crippen LogP contribution in [0.3, 0.4) is 0 Å². The van der Waals surface area contributed by atoms with Crippen molar-refractivity contribution in [2.24, 2.45) is 0 Å². The minimum absolute atomic E-state index is 0.0481. The fourth-order valence-corrected chi connectivity index (χ4v) is 2.89. The minimum Gasteiger partial charge on any atom is -0.427 e. The highest BCUT2D eigenvalue weighted by Crippen LogP contribution is 2.24. The Labute approximate surface area is 120 Å². The van der Waals surface area contributed by atoms with Gasteiger partial charge in [0.25, 0.3) is 0 Å². The molecule has 4 heteroatoms. The van der Waals surface area contributed by atoms with Crippen LogP contribution >= 0.6 is 0 Å². The van der Waals surface area contributed by atoms with Gasteiger partial charge in [0, 0.05) is 6.42 Å². The first-order valence-corrected chi connectivity index (χ1v) is 7.75. The average Bonchev–Trinajstić information content (AvgIpc) is 2.46. The number of rotatable bonds is 0. The van der Waals surface area contributed by atoms with E-state index in [2.05, 4.69) is 25.3 Å². The van der Waals surface area contributed by atoms with Crippen molar-refractivity contribution in [3.63, 3.8) is 0 Å². The molecular formula is C16H25N2O2+. The number of aromatic nitrogens is 1. The van der Waals surface area contributed by atoms with Crippen molar-refractivity contribution in [1.29, 1.82) is 0 Å². The monoisotopic (exact) mass is 277 g/mol. The quantitative estimate of drug-likeness (QED) is 0.677. The second-order valence-corrected chi connectivity index (χ2v) is 6.80. The van der Waals surface area contributed by atoms with Gasteiger partial charge in [0.05, 0.1) is 24.2 Å². The number of morpholine rings is 1. The highest BCUT2D eigenvalue weighted by molar-refractivity contribution is 5.18. The summed E-state index contributed by atoms with van der Waals surface area (Å²) in [7, 11) is 0. The summed E-state index contributed by atoms with van der Waals surface area (Å²) in [6, 6.07) is 0. The molecule has 1 aliphatic carbocycles. The summed E-state index contributed by atoms with van der Waals surface area (Å²) in [5, 5.41) is 0. The zero-order valence-electron chi connectivity index (χ0n) is 12.9. The van der Waals surface area contributed by atoms with E-state index in [9.17, 15) is 0 Å². The Morgan fingerprint density at radius 1 is 1.05 bits per heavy atom. The lowest BCUT2D eigenvalue weighted by Gasteiger charge is -2.19.